The Labute approximate surface area is 245 Å². The number of aliphatic hydroxyl groups excluding tert-OH is 1. The van der Waals surface area contributed by atoms with Gasteiger partial charge in [-0.3, -0.25) is 14.5 Å². The molecule has 1 N–H and O–H groups in total. The number of benzene rings is 2. The highest BCUT2D eigenvalue weighted by atomic mass is 19.1. The van der Waals surface area contributed by atoms with E-state index in [1.54, 1.807) is 14.7 Å². The molecule has 4 aliphatic heterocycles. The van der Waals surface area contributed by atoms with Crippen LogP contribution in [0, 0.1) is 11.8 Å². The van der Waals surface area contributed by atoms with Crippen LogP contribution in [-0.2, 0) is 31.2 Å². The van der Waals surface area contributed by atoms with Gasteiger partial charge in [0.05, 0.1) is 44.0 Å². The van der Waals surface area contributed by atoms with E-state index in [2.05, 4.69) is 0 Å². The molecule has 0 saturated carbocycles. The van der Waals surface area contributed by atoms with Crippen molar-refractivity contribution in [1.29, 1.82) is 0 Å². The Morgan fingerprint density at radius 2 is 1.93 bits per heavy atom. The number of carbonyl (C=O) groups excluding carboxylic acids is 3. The number of fused-ring (bicyclic) bond motifs is 2. The second-order valence-electron chi connectivity index (χ2n) is 12.4. The van der Waals surface area contributed by atoms with Crippen molar-refractivity contribution in [3.63, 3.8) is 0 Å². The molecular weight excluding hydrogens is 541 g/mol. The maximum Gasteiger partial charge on any atom is 0.414 e. The first-order valence-electron chi connectivity index (χ1n) is 14.8. The monoisotopic (exact) mass is 579 g/mol. The van der Waals surface area contributed by atoms with Gasteiger partial charge in [-0.1, -0.05) is 37.3 Å². The minimum atomic E-state index is -1.73. The third-order valence-electron chi connectivity index (χ3n) is 9.48. The minimum Gasteiger partial charge on any atom is -0.447 e. The van der Waals surface area contributed by atoms with Crippen molar-refractivity contribution in [3.8, 4) is 0 Å². The average molecular weight is 580 g/mol. The predicted octanol–water partition coefficient (Wildman–Crippen LogP) is 4.16. The van der Waals surface area contributed by atoms with Crippen LogP contribution >= 0.6 is 0 Å². The third-order valence-corrected chi connectivity index (χ3v) is 9.48. The number of cyclic esters (lactones) is 1. The molecule has 0 aromatic heterocycles. The summed E-state index contributed by atoms with van der Waals surface area (Å²) in [5, 5.41) is 9.76. The normalized spacial score (nSPS) is 29.1. The molecule has 0 radical (unpaired) electrons. The Morgan fingerprint density at radius 1 is 1.14 bits per heavy atom. The van der Waals surface area contributed by atoms with Crippen molar-refractivity contribution in [2.75, 3.05) is 36.1 Å². The largest absolute Gasteiger partial charge is 0.447 e. The maximum atomic E-state index is 16.0. The topological polar surface area (TPSA) is 99.6 Å². The fourth-order valence-electron chi connectivity index (χ4n) is 7.63. The summed E-state index contributed by atoms with van der Waals surface area (Å²) >= 11 is 0. The zero-order chi connectivity index (χ0) is 29.8. The molecule has 3 saturated heterocycles. The van der Waals surface area contributed by atoms with Crippen molar-refractivity contribution in [3.05, 3.63) is 59.7 Å². The number of ether oxygens (including phenoxy) is 2. The molecule has 9 nitrogen and oxygen atoms in total. The lowest BCUT2D eigenvalue weighted by molar-refractivity contribution is -0.150. The molecule has 0 aliphatic carbocycles. The number of hydrogen-bond donors (Lipinski definition) is 1. The first kappa shape index (κ1) is 28.6. The van der Waals surface area contributed by atoms with E-state index in [0.29, 0.717) is 36.6 Å². The zero-order valence-electron chi connectivity index (χ0n) is 24.3. The van der Waals surface area contributed by atoms with Crippen LogP contribution in [0.4, 0.5) is 20.6 Å². The van der Waals surface area contributed by atoms with E-state index >= 15 is 4.39 Å². The molecule has 5 atom stereocenters. The standard InChI is InChI=1S/C32H38FN3O6/c1-20-28(31(2,3)33)26(17-27(38)34-13-7-10-23(34)19-37)42-32(20)24-11-4-5-12-25(24)36(29(32)39)18-21-8-6-9-22(16-21)35-14-15-41-30(35)40/h4-6,8-9,11-12,16,20,23,26,28,37H,7,10,13-15,17-19H2,1-3H3/t20-,23-,26+,28-,32+/m0/s1. The van der Waals surface area contributed by atoms with Gasteiger partial charge in [-0.2, -0.15) is 0 Å². The van der Waals surface area contributed by atoms with Gasteiger partial charge in [0.1, 0.15) is 12.3 Å². The molecule has 3 amide bonds. The van der Waals surface area contributed by atoms with Gasteiger partial charge in [-0.15, -0.1) is 0 Å². The van der Waals surface area contributed by atoms with Gasteiger partial charge in [0.15, 0.2) is 5.60 Å². The number of alkyl halides is 1. The summed E-state index contributed by atoms with van der Waals surface area (Å²) in [6, 6.07) is 14.6. The van der Waals surface area contributed by atoms with E-state index in [-0.39, 0.29) is 37.4 Å². The highest BCUT2D eigenvalue weighted by Gasteiger charge is 2.66. The van der Waals surface area contributed by atoms with Gasteiger partial charge in [0.2, 0.25) is 5.91 Å². The summed E-state index contributed by atoms with van der Waals surface area (Å²) in [5.41, 5.74) is -0.320. The molecular formula is C32H38FN3O6. The highest BCUT2D eigenvalue weighted by molar-refractivity contribution is 6.07. The van der Waals surface area contributed by atoms with Crippen LogP contribution in [0.3, 0.4) is 0 Å². The van der Waals surface area contributed by atoms with Gasteiger partial charge in [-0.05, 0) is 50.5 Å². The first-order chi connectivity index (χ1) is 20.1. The Kier molecular flexibility index (Phi) is 7.25. The predicted molar refractivity (Wildman–Crippen MR) is 154 cm³/mol. The van der Waals surface area contributed by atoms with Crippen LogP contribution in [0.25, 0.3) is 0 Å². The second kappa shape index (κ2) is 10.6. The maximum absolute atomic E-state index is 16.0. The van der Waals surface area contributed by atoms with E-state index in [9.17, 15) is 19.5 Å². The number of nitrogens with zero attached hydrogens (tertiary/aromatic N) is 3. The molecule has 6 rings (SSSR count). The van der Waals surface area contributed by atoms with Crippen LogP contribution in [-0.4, -0.2) is 72.0 Å². The number of aliphatic hydroxyl groups is 1. The van der Waals surface area contributed by atoms with E-state index in [4.69, 9.17) is 9.47 Å². The lowest BCUT2D eigenvalue weighted by Gasteiger charge is -2.32. The number of rotatable bonds is 7. The fourth-order valence-corrected chi connectivity index (χ4v) is 7.63. The fraction of sp³-hybridized carbons (Fsp3) is 0.531. The van der Waals surface area contributed by atoms with E-state index in [0.717, 1.165) is 18.4 Å². The molecule has 0 unspecified atom stereocenters. The molecule has 2 aromatic rings. The summed E-state index contributed by atoms with van der Waals surface area (Å²) in [6.07, 6.45) is 0.245. The van der Waals surface area contributed by atoms with Crippen LogP contribution in [0.5, 0.6) is 0 Å². The van der Waals surface area contributed by atoms with E-state index in [1.807, 2.05) is 55.5 Å². The summed E-state index contributed by atoms with van der Waals surface area (Å²) in [6.45, 7) is 6.26. The Hall–Kier alpha value is -3.50. The molecule has 1 spiro atoms. The zero-order valence-corrected chi connectivity index (χ0v) is 24.3. The van der Waals surface area contributed by atoms with Crippen molar-refractivity contribution in [2.45, 2.75) is 70.0 Å². The lowest BCUT2D eigenvalue weighted by atomic mass is 9.71. The van der Waals surface area contributed by atoms with Crippen molar-refractivity contribution in [1.82, 2.24) is 4.90 Å². The van der Waals surface area contributed by atoms with Crippen LogP contribution in [0.15, 0.2) is 48.5 Å². The number of anilines is 2. The van der Waals surface area contributed by atoms with Crippen molar-refractivity contribution in [2.24, 2.45) is 11.8 Å². The second-order valence-corrected chi connectivity index (χ2v) is 12.4. The van der Waals surface area contributed by atoms with Gasteiger partial charge in [0.25, 0.3) is 5.91 Å². The number of carbonyl (C=O) groups is 3. The molecule has 42 heavy (non-hydrogen) atoms. The van der Waals surface area contributed by atoms with Gasteiger partial charge in [0, 0.05) is 29.6 Å². The smallest absolute Gasteiger partial charge is 0.414 e. The highest BCUT2D eigenvalue weighted by Crippen LogP contribution is 2.58. The SMILES string of the molecule is C[C@H]1[C@H](C(C)(C)F)[C@@H](CC(=O)N2CCC[C@H]2CO)O[C@]12C(=O)N(Cc1cccc(N3CCOC3=O)c1)c1ccccc12. The molecule has 10 heteroatoms. The Balaban J connectivity index is 1.33. The van der Waals surface area contributed by atoms with Crippen LogP contribution in [0.2, 0.25) is 0 Å². The number of amides is 3. The van der Waals surface area contributed by atoms with Gasteiger partial charge < -0.3 is 24.4 Å². The number of likely N-dealkylation sites (tertiary alicyclic amines) is 1. The first-order valence-corrected chi connectivity index (χ1v) is 14.8. The lowest BCUT2D eigenvalue weighted by Crippen LogP contribution is -2.45. The van der Waals surface area contributed by atoms with E-state index < -0.39 is 35.3 Å². The molecule has 0 bridgehead atoms. The number of halogens is 1. The van der Waals surface area contributed by atoms with E-state index in [1.165, 1.54) is 13.8 Å². The number of para-hydroxylation sites is 1. The molecule has 3 fully saturated rings. The van der Waals surface area contributed by atoms with Crippen molar-refractivity contribution < 1.29 is 33.4 Å². The third kappa shape index (κ3) is 4.55. The quantitative estimate of drug-likeness (QED) is 0.529. The summed E-state index contributed by atoms with van der Waals surface area (Å²) in [4.78, 5) is 45.0. The van der Waals surface area contributed by atoms with Gasteiger partial charge in [-0.25, -0.2) is 9.18 Å². The average Bonchev–Trinajstić information content (AvgIpc) is 3.72. The molecule has 2 aromatic carbocycles. The summed E-state index contributed by atoms with van der Waals surface area (Å²) in [5.74, 6) is -1.77. The summed E-state index contributed by atoms with van der Waals surface area (Å²) in [7, 11) is 0. The number of hydrogen-bond acceptors (Lipinski definition) is 6. The molecule has 4 aliphatic rings. The van der Waals surface area contributed by atoms with Crippen molar-refractivity contribution >= 4 is 29.3 Å². The van der Waals surface area contributed by atoms with Crippen LogP contribution < -0.4 is 9.80 Å². The summed E-state index contributed by atoms with van der Waals surface area (Å²) < 4.78 is 27.7. The Morgan fingerprint density at radius 3 is 2.64 bits per heavy atom. The van der Waals surface area contributed by atoms with Crippen LogP contribution in [0.1, 0.15) is 51.2 Å². The minimum absolute atomic E-state index is 0.0654. The Bertz CT molecular complexity index is 1390. The van der Waals surface area contributed by atoms with Gasteiger partial charge >= 0.3 is 6.09 Å². The molecule has 4 heterocycles. The molecule has 224 valence electrons.